The fraction of sp³-hybridized carbons (Fsp3) is 0.417. The van der Waals surface area contributed by atoms with Crippen molar-refractivity contribution >= 4 is 21.8 Å². The van der Waals surface area contributed by atoms with Gasteiger partial charge in [0.05, 0.1) is 12.2 Å². The van der Waals surface area contributed by atoms with Crippen LogP contribution in [0.4, 0.5) is 8.78 Å². The molecule has 0 spiro atoms. The van der Waals surface area contributed by atoms with Crippen molar-refractivity contribution in [3.63, 3.8) is 0 Å². The highest BCUT2D eigenvalue weighted by Crippen LogP contribution is 2.17. The number of nitrogens with one attached hydrogen (secondary N) is 1. The second-order valence-electron chi connectivity index (χ2n) is 3.71. The Labute approximate surface area is 113 Å². The summed E-state index contributed by atoms with van der Waals surface area (Å²) in [6, 6.07) is 5.42. The largest absolute Gasteiger partial charge is 0.374 e. The number of ether oxygens (including phenoxy) is 1. The molecule has 1 aromatic rings. The van der Waals surface area contributed by atoms with E-state index in [0.29, 0.717) is 10.0 Å². The van der Waals surface area contributed by atoms with Crippen LogP contribution in [0.25, 0.3) is 0 Å². The molecule has 0 saturated carbocycles. The van der Waals surface area contributed by atoms with Gasteiger partial charge >= 0.3 is 0 Å². The van der Waals surface area contributed by atoms with Crippen molar-refractivity contribution in [1.29, 1.82) is 0 Å². The number of carbonyl (C=O) groups is 1. The van der Waals surface area contributed by atoms with Crippen molar-refractivity contribution in [2.75, 3.05) is 19.8 Å². The van der Waals surface area contributed by atoms with E-state index in [0.717, 1.165) is 5.56 Å². The van der Waals surface area contributed by atoms with Gasteiger partial charge in [0.1, 0.15) is 6.61 Å². The maximum atomic E-state index is 11.8. The zero-order valence-corrected chi connectivity index (χ0v) is 11.5. The van der Waals surface area contributed by atoms with Crippen molar-refractivity contribution in [3.05, 3.63) is 33.8 Å². The summed E-state index contributed by atoms with van der Waals surface area (Å²) in [5.41, 5.74) is 1.49. The molecule has 0 aromatic heterocycles. The minimum Gasteiger partial charge on any atom is -0.374 e. The van der Waals surface area contributed by atoms with Crippen molar-refractivity contribution in [2.24, 2.45) is 0 Å². The van der Waals surface area contributed by atoms with Gasteiger partial charge in [-0.2, -0.15) is 0 Å². The molecule has 0 saturated heterocycles. The van der Waals surface area contributed by atoms with Crippen LogP contribution in [-0.2, 0) is 4.74 Å². The Balaban J connectivity index is 2.39. The zero-order chi connectivity index (χ0) is 13.5. The average molecular weight is 322 g/mol. The van der Waals surface area contributed by atoms with Crippen LogP contribution in [0, 0.1) is 6.92 Å². The van der Waals surface area contributed by atoms with E-state index in [2.05, 4.69) is 26.0 Å². The Morgan fingerprint density at radius 1 is 1.50 bits per heavy atom. The topological polar surface area (TPSA) is 38.3 Å². The SMILES string of the molecule is Cc1ccc(Br)c(C(=O)NCCOCC(F)F)c1. The third kappa shape index (κ3) is 5.10. The summed E-state index contributed by atoms with van der Waals surface area (Å²) in [5.74, 6) is -0.258. The predicted octanol–water partition coefficient (Wildman–Crippen LogP) is 2.77. The van der Waals surface area contributed by atoms with Gasteiger partial charge in [-0.05, 0) is 35.0 Å². The quantitative estimate of drug-likeness (QED) is 0.818. The van der Waals surface area contributed by atoms with Gasteiger partial charge in [-0.1, -0.05) is 11.6 Å². The lowest BCUT2D eigenvalue weighted by Gasteiger charge is -2.08. The molecule has 3 nitrogen and oxygen atoms in total. The van der Waals surface area contributed by atoms with Gasteiger partial charge in [0, 0.05) is 11.0 Å². The number of rotatable bonds is 6. The van der Waals surface area contributed by atoms with Crippen LogP contribution in [0.2, 0.25) is 0 Å². The molecule has 0 radical (unpaired) electrons. The van der Waals surface area contributed by atoms with Crippen LogP contribution < -0.4 is 5.32 Å². The molecule has 100 valence electrons. The summed E-state index contributed by atoms with van der Waals surface area (Å²) in [7, 11) is 0. The summed E-state index contributed by atoms with van der Waals surface area (Å²) in [4.78, 5) is 11.8. The van der Waals surface area contributed by atoms with Crippen molar-refractivity contribution < 1.29 is 18.3 Å². The highest BCUT2D eigenvalue weighted by molar-refractivity contribution is 9.10. The smallest absolute Gasteiger partial charge is 0.261 e. The minimum absolute atomic E-state index is 0.0690. The molecule has 0 aliphatic rings. The number of amides is 1. The molecule has 0 aliphatic carbocycles. The van der Waals surface area contributed by atoms with Crippen LogP contribution in [0.15, 0.2) is 22.7 Å². The molecule has 1 N–H and O–H groups in total. The summed E-state index contributed by atoms with van der Waals surface area (Å²) in [6.07, 6.45) is -2.48. The first-order chi connectivity index (χ1) is 8.50. The van der Waals surface area contributed by atoms with Gasteiger partial charge in [0.15, 0.2) is 0 Å². The Morgan fingerprint density at radius 3 is 2.89 bits per heavy atom. The molecule has 1 rings (SSSR count). The standard InChI is InChI=1S/C12H14BrF2NO2/c1-8-2-3-10(13)9(6-8)12(17)16-4-5-18-7-11(14)15/h2-3,6,11H,4-5,7H2,1H3,(H,16,17). The van der Waals surface area contributed by atoms with Crippen LogP contribution >= 0.6 is 15.9 Å². The van der Waals surface area contributed by atoms with Crippen molar-refractivity contribution in [2.45, 2.75) is 13.3 Å². The second-order valence-corrected chi connectivity index (χ2v) is 4.56. The Morgan fingerprint density at radius 2 is 2.22 bits per heavy atom. The average Bonchev–Trinajstić information content (AvgIpc) is 2.31. The van der Waals surface area contributed by atoms with Gasteiger partial charge in [0.2, 0.25) is 0 Å². The van der Waals surface area contributed by atoms with Crippen LogP contribution in [0.1, 0.15) is 15.9 Å². The fourth-order valence-corrected chi connectivity index (χ4v) is 1.74. The molecule has 18 heavy (non-hydrogen) atoms. The van der Waals surface area contributed by atoms with Gasteiger partial charge in [-0.3, -0.25) is 4.79 Å². The molecule has 1 amide bonds. The second kappa shape index (κ2) is 7.43. The molecular formula is C12H14BrF2NO2. The summed E-state index contributed by atoms with van der Waals surface area (Å²) in [6.45, 7) is 1.55. The number of alkyl halides is 2. The van der Waals surface area contributed by atoms with Crippen LogP contribution in [0.5, 0.6) is 0 Å². The molecule has 6 heteroatoms. The molecule has 0 atom stereocenters. The normalized spacial score (nSPS) is 10.7. The molecule has 0 unspecified atom stereocenters. The van der Waals surface area contributed by atoms with Crippen molar-refractivity contribution in [1.82, 2.24) is 5.32 Å². The molecule has 0 fully saturated rings. The Hall–Kier alpha value is -1.01. The lowest BCUT2D eigenvalue weighted by atomic mass is 10.1. The fourth-order valence-electron chi connectivity index (χ4n) is 1.32. The first-order valence-corrected chi connectivity index (χ1v) is 6.20. The highest BCUT2D eigenvalue weighted by Gasteiger charge is 2.09. The van der Waals surface area contributed by atoms with E-state index in [4.69, 9.17) is 0 Å². The molecule has 0 bridgehead atoms. The summed E-state index contributed by atoms with van der Waals surface area (Å²) in [5, 5.41) is 2.60. The molecule has 0 heterocycles. The van der Waals surface area contributed by atoms with E-state index in [1.54, 1.807) is 12.1 Å². The lowest BCUT2D eigenvalue weighted by molar-refractivity contribution is 0.0188. The number of carbonyl (C=O) groups excluding carboxylic acids is 1. The minimum atomic E-state index is -2.48. The van der Waals surface area contributed by atoms with Crippen LogP contribution in [-0.4, -0.2) is 32.1 Å². The Bertz CT molecular complexity index is 413. The number of hydrogen-bond donors (Lipinski definition) is 1. The molecule has 1 aromatic carbocycles. The Kier molecular flexibility index (Phi) is 6.21. The molecular weight excluding hydrogens is 308 g/mol. The van der Waals surface area contributed by atoms with E-state index in [9.17, 15) is 13.6 Å². The monoisotopic (exact) mass is 321 g/mol. The summed E-state index contributed by atoms with van der Waals surface area (Å²) < 4.78 is 28.9. The third-order valence-electron chi connectivity index (χ3n) is 2.14. The van der Waals surface area contributed by atoms with Crippen molar-refractivity contribution in [3.8, 4) is 0 Å². The van der Waals surface area contributed by atoms with Crippen LogP contribution in [0.3, 0.4) is 0 Å². The zero-order valence-electron chi connectivity index (χ0n) is 9.88. The number of hydrogen-bond acceptors (Lipinski definition) is 2. The van der Waals surface area contributed by atoms with Gasteiger partial charge in [-0.15, -0.1) is 0 Å². The van der Waals surface area contributed by atoms with E-state index < -0.39 is 13.0 Å². The van der Waals surface area contributed by atoms with E-state index in [1.165, 1.54) is 0 Å². The summed E-state index contributed by atoms with van der Waals surface area (Å²) >= 11 is 3.28. The maximum absolute atomic E-state index is 11.8. The van der Waals surface area contributed by atoms with Gasteiger partial charge in [-0.25, -0.2) is 8.78 Å². The molecule has 0 aliphatic heterocycles. The van der Waals surface area contributed by atoms with E-state index in [1.807, 2.05) is 13.0 Å². The number of halogens is 3. The van der Waals surface area contributed by atoms with E-state index in [-0.39, 0.29) is 19.1 Å². The van der Waals surface area contributed by atoms with Gasteiger partial charge in [0.25, 0.3) is 12.3 Å². The number of benzene rings is 1. The maximum Gasteiger partial charge on any atom is 0.261 e. The first-order valence-electron chi connectivity index (χ1n) is 5.41. The van der Waals surface area contributed by atoms with E-state index >= 15 is 0 Å². The lowest BCUT2D eigenvalue weighted by Crippen LogP contribution is -2.28. The third-order valence-corrected chi connectivity index (χ3v) is 2.83. The predicted molar refractivity (Wildman–Crippen MR) is 68.0 cm³/mol. The van der Waals surface area contributed by atoms with Gasteiger partial charge < -0.3 is 10.1 Å². The highest BCUT2D eigenvalue weighted by atomic mass is 79.9. The first kappa shape index (κ1) is 15.0. The number of aryl methyl sites for hydroxylation is 1.